The van der Waals surface area contributed by atoms with Gasteiger partial charge in [0, 0.05) is 57.1 Å². The lowest BCUT2D eigenvalue weighted by atomic mass is 9.98. The van der Waals surface area contributed by atoms with Crippen molar-refractivity contribution in [1.82, 2.24) is 19.7 Å². The van der Waals surface area contributed by atoms with Crippen LogP contribution >= 0.6 is 11.3 Å². The fraction of sp³-hybridized carbons (Fsp3) is 0.519. The van der Waals surface area contributed by atoms with E-state index < -0.39 is 5.60 Å². The van der Waals surface area contributed by atoms with Gasteiger partial charge in [-0.05, 0) is 39.2 Å². The van der Waals surface area contributed by atoms with Crippen molar-refractivity contribution in [1.29, 1.82) is 0 Å². The second-order valence-corrected chi connectivity index (χ2v) is 11.1. The summed E-state index contributed by atoms with van der Waals surface area (Å²) in [4.78, 5) is 36.1. The Balaban J connectivity index is 1.22. The lowest BCUT2D eigenvalue weighted by Gasteiger charge is -2.34. The molecule has 2 amide bonds. The van der Waals surface area contributed by atoms with E-state index in [2.05, 4.69) is 29.2 Å². The molecule has 2 fully saturated rings. The Hall–Kier alpha value is -2.71. The number of rotatable bonds is 5. The second-order valence-electron chi connectivity index (χ2n) is 10.2. The van der Waals surface area contributed by atoms with E-state index in [1.807, 2.05) is 49.3 Å². The molecule has 35 heavy (non-hydrogen) atoms. The summed E-state index contributed by atoms with van der Waals surface area (Å²) in [5.41, 5.74) is 1.27. The normalized spacial score (nSPS) is 18.3. The Kier molecular flexibility index (Phi) is 8.23. The summed E-state index contributed by atoms with van der Waals surface area (Å²) in [5.74, 6) is 0.312. The highest BCUT2D eigenvalue weighted by Gasteiger charge is 2.30. The molecular weight excluding hydrogens is 460 g/mol. The number of aromatic nitrogens is 1. The zero-order valence-corrected chi connectivity index (χ0v) is 21.8. The van der Waals surface area contributed by atoms with Crippen molar-refractivity contribution in [3.63, 3.8) is 0 Å². The molecule has 2 aliphatic heterocycles. The van der Waals surface area contributed by atoms with Gasteiger partial charge in [0.1, 0.15) is 11.3 Å². The molecule has 1 aromatic carbocycles. The van der Waals surface area contributed by atoms with Crippen molar-refractivity contribution < 1.29 is 14.3 Å². The number of carbonyl (C=O) groups is 2. The lowest BCUT2D eigenvalue weighted by molar-refractivity contribution is 0.0204. The minimum Gasteiger partial charge on any atom is -0.444 e. The Labute approximate surface area is 212 Å². The van der Waals surface area contributed by atoms with Crippen molar-refractivity contribution >= 4 is 29.4 Å². The third-order valence-electron chi connectivity index (χ3n) is 6.37. The van der Waals surface area contributed by atoms with Gasteiger partial charge in [-0.3, -0.25) is 9.69 Å². The molecular formula is C27H36N4O3S. The molecule has 0 saturated carbocycles. The number of nitrogens with zero attached hydrogens (tertiary/aromatic N) is 4. The quantitative estimate of drug-likeness (QED) is 0.599. The van der Waals surface area contributed by atoms with E-state index in [1.165, 1.54) is 5.56 Å². The van der Waals surface area contributed by atoms with Gasteiger partial charge >= 0.3 is 6.09 Å². The molecule has 7 nitrogen and oxygen atoms in total. The minimum absolute atomic E-state index is 0.0261. The molecule has 188 valence electrons. The van der Waals surface area contributed by atoms with Crippen molar-refractivity contribution in [3.05, 3.63) is 58.1 Å². The molecule has 0 spiro atoms. The summed E-state index contributed by atoms with van der Waals surface area (Å²) in [6, 6.07) is 10.3. The van der Waals surface area contributed by atoms with Crippen LogP contribution in [0.1, 0.15) is 60.6 Å². The van der Waals surface area contributed by atoms with Crippen LogP contribution in [0, 0.1) is 0 Å². The maximum atomic E-state index is 13.0. The van der Waals surface area contributed by atoms with Crippen molar-refractivity contribution in [2.24, 2.45) is 0 Å². The summed E-state index contributed by atoms with van der Waals surface area (Å²) in [7, 11) is 0. The highest BCUT2D eigenvalue weighted by atomic mass is 32.1. The highest BCUT2D eigenvalue weighted by Crippen LogP contribution is 2.31. The Morgan fingerprint density at radius 3 is 2.37 bits per heavy atom. The minimum atomic E-state index is -0.483. The van der Waals surface area contributed by atoms with E-state index in [0.717, 1.165) is 50.6 Å². The molecule has 4 rings (SSSR count). The van der Waals surface area contributed by atoms with Crippen LogP contribution in [-0.2, 0) is 4.74 Å². The summed E-state index contributed by atoms with van der Waals surface area (Å²) in [5, 5.41) is 2.90. The van der Waals surface area contributed by atoms with Crippen LogP contribution in [0.2, 0.25) is 0 Å². The Bertz CT molecular complexity index is 1010. The third kappa shape index (κ3) is 7.15. The number of likely N-dealkylation sites (tertiary alicyclic amines) is 1. The smallest absolute Gasteiger partial charge is 0.410 e. The number of piperidine rings is 1. The first-order valence-electron chi connectivity index (χ1n) is 12.4. The topological polar surface area (TPSA) is 66.0 Å². The summed E-state index contributed by atoms with van der Waals surface area (Å²) >= 11 is 1.56. The van der Waals surface area contributed by atoms with Gasteiger partial charge in [0.15, 0.2) is 0 Å². The Morgan fingerprint density at radius 1 is 1.03 bits per heavy atom. The van der Waals surface area contributed by atoms with Gasteiger partial charge in [-0.15, -0.1) is 11.3 Å². The largest absolute Gasteiger partial charge is 0.444 e. The zero-order chi connectivity index (χ0) is 24.8. The predicted molar refractivity (Wildman–Crippen MR) is 140 cm³/mol. The molecule has 8 heteroatoms. The molecule has 0 N–H and O–H groups in total. The maximum absolute atomic E-state index is 13.0. The van der Waals surface area contributed by atoms with E-state index in [9.17, 15) is 9.59 Å². The van der Waals surface area contributed by atoms with E-state index in [0.29, 0.717) is 18.8 Å². The average molecular weight is 497 g/mol. The zero-order valence-electron chi connectivity index (χ0n) is 21.0. The number of thiazole rings is 1. The maximum Gasteiger partial charge on any atom is 0.410 e. The standard InChI is InChI=1S/C27H36N4O3S/c1-27(2,3)34-26(33)31-14-11-22(12-15-31)24-28-23(20-35-24)25(32)30-18-16-29(17-19-30)13-7-10-21-8-5-4-6-9-21/h4-10,20,22H,11-19H2,1-3H3. The summed E-state index contributed by atoms with van der Waals surface area (Å²) in [6.45, 7) is 11.0. The van der Waals surface area contributed by atoms with Gasteiger partial charge in [-0.2, -0.15) is 0 Å². The third-order valence-corrected chi connectivity index (χ3v) is 7.38. The van der Waals surface area contributed by atoms with Crippen molar-refractivity contribution in [2.45, 2.75) is 45.1 Å². The SMILES string of the molecule is CC(C)(C)OC(=O)N1CCC(c2nc(C(=O)N3CCN(CC=Cc4ccccc4)CC3)cs2)CC1. The molecule has 0 unspecified atom stereocenters. The molecule has 2 aromatic rings. The number of hydrogen-bond acceptors (Lipinski definition) is 6. The first-order valence-corrected chi connectivity index (χ1v) is 13.3. The van der Waals surface area contributed by atoms with E-state index in [1.54, 1.807) is 16.2 Å². The average Bonchev–Trinajstić information content (AvgIpc) is 3.34. The van der Waals surface area contributed by atoms with Crippen molar-refractivity contribution in [3.8, 4) is 0 Å². The first-order chi connectivity index (χ1) is 16.8. The van der Waals surface area contributed by atoms with E-state index >= 15 is 0 Å². The number of benzene rings is 1. The number of hydrogen-bond donors (Lipinski definition) is 0. The number of piperazine rings is 1. The van der Waals surface area contributed by atoms with Gasteiger partial charge in [-0.1, -0.05) is 42.5 Å². The van der Waals surface area contributed by atoms with Gasteiger partial charge in [0.05, 0.1) is 5.01 Å². The highest BCUT2D eigenvalue weighted by molar-refractivity contribution is 7.09. The van der Waals surface area contributed by atoms with Crippen LogP contribution in [0.15, 0.2) is 41.8 Å². The molecule has 1 aromatic heterocycles. The van der Waals surface area contributed by atoms with Crippen LogP contribution in [0.25, 0.3) is 6.08 Å². The molecule has 3 heterocycles. The first kappa shape index (κ1) is 25.4. The van der Waals surface area contributed by atoms with E-state index in [4.69, 9.17) is 9.72 Å². The van der Waals surface area contributed by atoms with Gasteiger partial charge in [-0.25, -0.2) is 9.78 Å². The predicted octanol–water partition coefficient (Wildman–Crippen LogP) is 4.73. The fourth-order valence-corrected chi connectivity index (χ4v) is 5.37. The molecule has 0 bridgehead atoms. The van der Waals surface area contributed by atoms with Crippen LogP contribution in [0.4, 0.5) is 4.79 Å². The van der Waals surface area contributed by atoms with Crippen LogP contribution in [0.5, 0.6) is 0 Å². The molecule has 0 atom stereocenters. The lowest BCUT2D eigenvalue weighted by Crippen LogP contribution is -2.48. The van der Waals surface area contributed by atoms with Crippen LogP contribution in [0.3, 0.4) is 0 Å². The van der Waals surface area contributed by atoms with Gasteiger partial charge in [0.2, 0.25) is 0 Å². The number of amides is 2. The summed E-state index contributed by atoms with van der Waals surface area (Å²) in [6.07, 6.45) is 5.77. The van der Waals surface area contributed by atoms with Crippen molar-refractivity contribution in [2.75, 3.05) is 45.8 Å². The summed E-state index contributed by atoms with van der Waals surface area (Å²) < 4.78 is 5.49. The molecule has 2 saturated heterocycles. The van der Waals surface area contributed by atoms with Gasteiger partial charge < -0.3 is 14.5 Å². The number of carbonyl (C=O) groups excluding carboxylic acids is 2. The molecule has 2 aliphatic rings. The molecule has 0 radical (unpaired) electrons. The fourth-order valence-electron chi connectivity index (χ4n) is 4.41. The molecule has 0 aliphatic carbocycles. The van der Waals surface area contributed by atoms with Gasteiger partial charge in [0.25, 0.3) is 5.91 Å². The van der Waals surface area contributed by atoms with Crippen LogP contribution in [-0.4, -0.2) is 83.1 Å². The number of ether oxygens (including phenoxy) is 1. The monoisotopic (exact) mass is 496 g/mol. The second kappa shape index (κ2) is 11.4. The van der Waals surface area contributed by atoms with E-state index in [-0.39, 0.29) is 17.9 Å². The van der Waals surface area contributed by atoms with Crippen LogP contribution < -0.4 is 0 Å². The Morgan fingerprint density at radius 2 is 1.71 bits per heavy atom.